The summed E-state index contributed by atoms with van der Waals surface area (Å²) in [7, 11) is -3.04. The predicted octanol–water partition coefficient (Wildman–Crippen LogP) is 2.51. The van der Waals surface area contributed by atoms with Crippen LogP contribution in [0.3, 0.4) is 0 Å². The van der Waals surface area contributed by atoms with E-state index in [0.717, 1.165) is 12.3 Å². The average molecular weight is 224 g/mol. The first-order valence-electron chi connectivity index (χ1n) is 5.37. The molecular weight excluding hydrogens is 208 g/mol. The Kier molecular flexibility index (Phi) is 2.83. The van der Waals surface area contributed by atoms with Crippen LogP contribution in [-0.2, 0) is 9.84 Å². The summed E-state index contributed by atoms with van der Waals surface area (Å²) in [5.41, 5.74) is 0. The fourth-order valence-corrected chi connectivity index (χ4v) is 3.27. The summed E-state index contributed by atoms with van der Waals surface area (Å²) in [6.07, 6.45) is 2.02. The van der Waals surface area contributed by atoms with Gasteiger partial charge in [-0.15, -0.1) is 0 Å². The molecule has 15 heavy (non-hydrogen) atoms. The van der Waals surface area contributed by atoms with Crippen molar-refractivity contribution in [3.8, 4) is 0 Å². The van der Waals surface area contributed by atoms with E-state index >= 15 is 0 Å². The van der Waals surface area contributed by atoms with E-state index in [4.69, 9.17) is 0 Å². The Hall–Kier alpha value is -0.830. The Morgan fingerprint density at radius 3 is 2.40 bits per heavy atom. The number of sulfone groups is 1. The number of hydrogen-bond donors (Lipinski definition) is 0. The Bertz CT molecular complexity index is 422. The van der Waals surface area contributed by atoms with Crippen LogP contribution in [0.15, 0.2) is 35.2 Å². The monoisotopic (exact) mass is 224 g/mol. The van der Waals surface area contributed by atoms with Crippen LogP contribution in [0.1, 0.15) is 19.8 Å². The van der Waals surface area contributed by atoms with E-state index < -0.39 is 9.84 Å². The molecule has 0 saturated heterocycles. The first-order chi connectivity index (χ1) is 7.09. The van der Waals surface area contributed by atoms with Gasteiger partial charge in [0.2, 0.25) is 0 Å². The van der Waals surface area contributed by atoms with Crippen LogP contribution in [0.25, 0.3) is 0 Å². The second kappa shape index (κ2) is 3.97. The quantitative estimate of drug-likeness (QED) is 0.787. The maximum atomic E-state index is 11.9. The molecule has 0 amide bonds. The zero-order valence-electron chi connectivity index (χ0n) is 8.89. The zero-order valence-corrected chi connectivity index (χ0v) is 9.70. The van der Waals surface area contributed by atoms with Crippen LogP contribution < -0.4 is 0 Å². The lowest BCUT2D eigenvalue weighted by Gasteiger charge is -2.03. The van der Waals surface area contributed by atoms with Crippen molar-refractivity contribution >= 4 is 9.84 Å². The predicted molar refractivity (Wildman–Crippen MR) is 60.4 cm³/mol. The van der Waals surface area contributed by atoms with Crippen LogP contribution >= 0.6 is 0 Å². The SMILES string of the molecule is C[C@@H]1C[C@@H]1CCS(=O)(=O)c1ccccc1. The lowest BCUT2D eigenvalue weighted by molar-refractivity contribution is 0.588. The topological polar surface area (TPSA) is 34.1 Å². The van der Waals surface area contributed by atoms with Gasteiger partial charge < -0.3 is 0 Å². The van der Waals surface area contributed by atoms with Crippen molar-refractivity contribution in [1.82, 2.24) is 0 Å². The first-order valence-corrected chi connectivity index (χ1v) is 7.02. The lowest BCUT2D eigenvalue weighted by Crippen LogP contribution is -2.07. The molecule has 1 aromatic rings. The third kappa shape index (κ3) is 2.59. The second-order valence-electron chi connectivity index (χ2n) is 4.39. The van der Waals surface area contributed by atoms with Crippen LogP contribution in [0, 0.1) is 11.8 Å². The number of rotatable bonds is 4. The fraction of sp³-hybridized carbons (Fsp3) is 0.500. The molecule has 0 aliphatic heterocycles. The van der Waals surface area contributed by atoms with Gasteiger partial charge in [0.25, 0.3) is 0 Å². The van der Waals surface area contributed by atoms with Gasteiger partial charge in [0.15, 0.2) is 9.84 Å². The Balaban J connectivity index is 2.01. The molecule has 0 N–H and O–H groups in total. The minimum absolute atomic E-state index is 0.298. The van der Waals surface area contributed by atoms with Crippen molar-refractivity contribution in [3.05, 3.63) is 30.3 Å². The van der Waals surface area contributed by atoms with E-state index in [2.05, 4.69) is 6.92 Å². The highest BCUT2D eigenvalue weighted by atomic mass is 32.2. The van der Waals surface area contributed by atoms with Crippen LogP contribution in [0.2, 0.25) is 0 Å². The maximum absolute atomic E-state index is 11.9. The third-order valence-corrected chi connectivity index (χ3v) is 4.90. The van der Waals surface area contributed by atoms with Crippen LogP contribution in [-0.4, -0.2) is 14.2 Å². The lowest BCUT2D eigenvalue weighted by atomic mass is 10.3. The summed E-state index contributed by atoms with van der Waals surface area (Å²) in [6, 6.07) is 8.72. The standard InChI is InChI=1S/C12H16O2S/c1-10-9-11(10)7-8-15(13,14)12-5-3-2-4-6-12/h2-6,10-11H,7-9H2,1H3/t10-,11+/m1/s1. The van der Waals surface area contributed by atoms with Crippen molar-refractivity contribution in [1.29, 1.82) is 0 Å². The molecular formula is C12H16O2S. The van der Waals surface area contributed by atoms with E-state index in [-0.39, 0.29) is 0 Å². The molecule has 0 radical (unpaired) electrons. The van der Waals surface area contributed by atoms with Crippen molar-refractivity contribution in [2.75, 3.05) is 5.75 Å². The summed E-state index contributed by atoms with van der Waals surface area (Å²) in [4.78, 5) is 0.457. The van der Waals surface area contributed by atoms with Crippen molar-refractivity contribution < 1.29 is 8.42 Å². The van der Waals surface area contributed by atoms with Crippen molar-refractivity contribution in [2.24, 2.45) is 11.8 Å². The molecule has 2 rings (SSSR count). The first kappa shape index (κ1) is 10.7. The normalized spacial score (nSPS) is 25.1. The van der Waals surface area contributed by atoms with Gasteiger partial charge in [-0.3, -0.25) is 0 Å². The van der Waals surface area contributed by atoms with E-state index in [1.807, 2.05) is 6.07 Å². The van der Waals surface area contributed by atoms with Gasteiger partial charge in [-0.05, 0) is 36.8 Å². The molecule has 0 unspecified atom stereocenters. The molecule has 0 bridgehead atoms. The fourth-order valence-electron chi connectivity index (χ4n) is 1.85. The van der Waals surface area contributed by atoms with Gasteiger partial charge in [0.1, 0.15) is 0 Å². The van der Waals surface area contributed by atoms with E-state index in [0.29, 0.717) is 16.6 Å². The molecule has 2 nitrogen and oxygen atoms in total. The molecule has 0 heterocycles. The highest BCUT2D eigenvalue weighted by Crippen LogP contribution is 2.40. The molecule has 3 heteroatoms. The minimum Gasteiger partial charge on any atom is -0.224 e. The maximum Gasteiger partial charge on any atom is 0.178 e. The molecule has 1 aliphatic rings. The van der Waals surface area contributed by atoms with Gasteiger partial charge in [-0.2, -0.15) is 0 Å². The Morgan fingerprint density at radius 2 is 1.87 bits per heavy atom. The molecule has 2 atom stereocenters. The van der Waals surface area contributed by atoms with Gasteiger partial charge in [-0.25, -0.2) is 8.42 Å². The van der Waals surface area contributed by atoms with Gasteiger partial charge in [-0.1, -0.05) is 25.1 Å². The Labute approximate surface area is 91.2 Å². The highest BCUT2D eigenvalue weighted by molar-refractivity contribution is 7.91. The van der Waals surface area contributed by atoms with Crippen molar-refractivity contribution in [3.63, 3.8) is 0 Å². The van der Waals surface area contributed by atoms with E-state index in [1.165, 1.54) is 6.42 Å². The van der Waals surface area contributed by atoms with E-state index in [9.17, 15) is 8.42 Å². The second-order valence-corrected chi connectivity index (χ2v) is 6.50. The summed E-state index contributed by atoms with van der Waals surface area (Å²) in [5.74, 6) is 1.67. The van der Waals surface area contributed by atoms with Gasteiger partial charge >= 0.3 is 0 Å². The molecule has 82 valence electrons. The molecule has 0 spiro atoms. The summed E-state index contributed by atoms with van der Waals surface area (Å²) < 4.78 is 23.7. The van der Waals surface area contributed by atoms with E-state index in [1.54, 1.807) is 24.3 Å². The average Bonchev–Trinajstić information content (AvgIpc) is 2.93. The summed E-state index contributed by atoms with van der Waals surface area (Å²) in [6.45, 7) is 2.18. The van der Waals surface area contributed by atoms with Crippen LogP contribution in [0.5, 0.6) is 0 Å². The molecule has 1 saturated carbocycles. The van der Waals surface area contributed by atoms with Gasteiger partial charge in [0.05, 0.1) is 10.6 Å². The molecule has 0 aromatic heterocycles. The van der Waals surface area contributed by atoms with Crippen LogP contribution in [0.4, 0.5) is 0 Å². The summed E-state index contributed by atoms with van der Waals surface area (Å²) >= 11 is 0. The molecule has 1 aromatic carbocycles. The Morgan fingerprint density at radius 1 is 1.27 bits per heavy atom. The third-order valence-electron chi connectivity index (χ3n) is 3.14. The smallest absolute Gasteiger partial charge is 0.178 e. The van der Waals surface area contributed by atoms with Crippen molar-refractivity contribution in [2.45, 2.75) is 24.7 Å². The summed E-state index contributed by atoms with van der Waals surface area (Å²) in [5, 5.41) is 0. The number of benzene rings is 1. The molecule has 1 aliphatic carbocycles. The zero-order chi connectivity index (χ0) is 10.9. The largest absolute Gasteiger partial charge is 0.224 e. The number of hydrogen-bond acceptors (Lipinski definition) is 2. The minimum atomic E-state index is -3.04. The molecule has 1 fully saturated rings. The highest BCUT2D eigenvalue weighted by Gasteiger charge is 2.33. The van der Waals surface area contributed by atoms with Gasteiger partial charge in [0, 0.05) is 0 Å².